The Labute approximate surface area is 193 Å². The van der Waals surface area contributed by atoms with Crippen molar-refractivity contribution in [3.8, 4) is 17.5 Å². The number of rotatable bonds is 6. The minimum absolute atomic E-state index is 0.433. The molecule has 0 saturated carbocycles. The number of nitriles is 1. The molecule has 0 atom stereocenters. The van der Waals surface area contributed by atoms with Crippen molar-refractivity contribution in [1.29, 1.82) is 5.26 Å². The first-order valence-electron chi connectivity index (χ1n) is 11.3. The fourth-order valence-corrected chi connectivity index (χ4v) is 4.16. The van der Waals surface area contributed by atoms with Gasteiger partial charge in [-0.05, 0) is 43.2 Å². The monoisotopic (exact) mass is 442 g/mol. The maximum atomic E-state index is 9.63. The second-order valence-corrected chi connectivity index (χ2v) is 8.19. The van der Waals surface area contributed by atoms with Crippen LogP contribution in [-0.2, 0) is 11.3 Å². The van der Waals surface area contributed by atoms with E-state index in [1.165, 1.54) is 0 Å². The molecule has 3 aromatic rings. The van der Waals surface area contributed by atoms with Crippen molar-refractivity contribution in [2.45, 2.75) is 19.4 Å². The van der Waals surface area contributed by atoms with Crippen LogP contribution < -0.4 is 10.2 Å². The Morgan fingerprint density at radius 1 is 0.939 bits per heavy atom. The highest BCUT2D eigenvalue weighted by Crippen LogP contribution is 2.26. The lowest BCUT2D eigenvalue weighted by atomic mass is 10.2. The van der Waals surface area contributed by atoms with Gasteiger partial charge in [0.25, 0.3) is 0 Å². The average Bonchev–Trinajstić information content (AvgIpc) is 3.41. The third-order valence-electron chi connectivity index (χ3n) is 5.91. The van der Waals surface area contributed by atoms with E-state index >= 15 is 0 Å². The molecule has 0 aromatic carbocycles. The van der Waals surface area contributed by atoms with Crippen LogP contribution >= 0.6 is 0 Å². The van der Waals surface area contributed by atoms with Crippen LogP contribution in [-0.4, -0.2) is 64.2 Å². The molecule has 5 rings (SSSR count). The number of nitrogens with zero attached hydrogens (tertiary/aromatic N) is 7. The van der Waals surface area contributed by atoms with E-state index in [1.807, 2.05) is 24.3 Å². The first kappa shape index (κ1) is 21.2. The number of hydrogen-bond acceptors (Lipinski definition) is 9. The van der Waals surface area contributed by atoms with Crippen molar-refractivity contribution < 1.29 is 4.74 Å². The van der Waals surface area contributed by atoms with Gasteiger partial charge in [-0.25, -0.2) is 15.0 Å². The van der Waals surface area contributed by atoms with Crippen molar-refractivity contribution in [1.82, 2.24) is 24.8 Å². The summed E-state index contributed by atoms with van der Waals surface area (Å²) in [5, 5.41) is 12.8. The summed E-state index contributed by atoms with van der Waals surface area (Å²) in [5.74, 6) is 0.458. The third-order valence-corrected chi connectivity index (χ3v) is 5.91. The summed E-state index contributed by atoms with van der Waals surface area (Å²) >= 11 is 0. The van der Waals surface area contributed by atoms with E-state index < -0.39 is 0 Å². The summed E-state index contributed by atoms with van der Waals surface area (Å²) in [6.45, 7) is 6.17. The predicted molar refractivity (Wildman–Crippen MR) is 125 cm³/mol. The SMILES string of the molecule is N#Cc1nc(-c2ccnc(Nc3ccc(CN4CCOCC4)nc3)n2)ccc1N1CCCC1. The number of ether oxygens (including phenoxy) is 1. The number of nitrogens with one attached hydrogen (secondary N) is 1. The van der Waals surface area contributed by atoms with Gasteiger partial charge in [0.15, 0.2) is 5.69 Å². The molecule has 0 bridgehead atoms. The maximum absolute atomic E-state index is 9.63. The minimum Gasteiger partial charge on any atom is -0.379 e. The lowest BCUT2D eigenvalue weighted by molar-refractivity contribution is 0.0336. The normalized spacial score (nSPS) is 16.5. The van der Waals surface area contributed by atoms with Gasteiger partial charge >= 0.3 is 0 Å². The van der Waals surface area contributed by atoms with E-state index in [9.17, 15) is 5.26 Å². The second kappa shape index (κ2) is 9.90. The number of morpholine rings is 1. The second-order valence-electron chi connectivity index (χ2n) is 8.19. The molecule has 2 aliphatic heterocycles. The van der Waals surface area contributed by atoms with Gasteiger partial charge in [-0.3, -0.25) is 9.88 Å². The molecule has 0 amide bonds. The highest BCUT2D eigenvalue weighted by molar-refractivity contribution is 5.65. The molecule has 5 heterocycles. The van der Waals surface area contributed by atoms with Gasteiger partial charge in [-0.2, -0.15) is 5.26 Å². The average molecular weight is 443 g/mol. The van der Waals surface area contributed by atoms with Crippen LogP contribution in [0.4, 0.5) is 17.3 Å². The zero-order chi connectivity index (χ0) is 22.5. The summed E-state index contributed by atoms with van der Waals surface area (Å²) in [7, 11) is 0. The van der Waals surface area contributed by atoms with Gasteiger partial charge in [0.1, 0.15) is 6.07 Å². The molecule has 33 heavy (non-hydrogen) atoms. The highest BCUT2D eigenvalue weighted by atomic mass is 16.5. The standard InChI is InChI=1S/C24H26N8O/c25-15-22-23(32-9-1-2-10-32)6-5-20(29-22)21-7-8-26-24(30-21)28-18-3-4-19(27-16-18)17-31-11-13-33-14-12-31/h3-8,16H,1-2,9-14,17H2,(H,26,28,30). The molecule has 3 aromatic heterocycles. The van der Waals surface area contributed by atoms with Crippen LogP contribution in [0.3, 0.4) is 0 Å². The molecule has 0 aliphatic carbocycles. The number of hydrogen-bond donors (Lipinski definition) is 1. The van der Waals surface area contributed by atoms with E-state index in [0.29, 0.717) is 23.0 Å². The van der Waals surface area contributed by atoms with Crippen LogP contribution in [0.1, 0.15) is 24.2 Å². The van der Waals surface area contributed by atoms with Crippen LogP contribution in [0.5, 0.6) is 0 Å². The molecule has 1 N–H and O–H groups in total. The molecule has 2 fully saturated rings. The number of aromatic nitrogens is 4. The van der Waals surface area contributed by atoms with Crippen molar-refractivity contribution in [3.63, 3.8) is 0 Å². The summed E-state index contributed by atoms with van der Waals surface area (Å²) in [4.78, 5) is 22.6. The fraction of sp³-hybridized carbons (Fsp3) is 0.375. The van der Waals surface area contributed by atoms with Crippen molar-refractivity contribution >= 4 is 17.3 Å². The van der Waals surface area contributed by atoms with Crippen LogP contribution in [0.25, 0.3) is 11.4 Å². The predicted octanol–water partition coefficient (Wildman–Crippen LogP) is 2.98. The number of pyridine rings is 2. The molecule has 0 radical (unpaired) electrons. The molecule has 9 heteroatoms. The number of anilines is 3. The minimum atomic E-state index is 0.433. The van der Waals surface area contributed by atoms with Gasteiger partial charge in [-0.15, -0.1) is 0 Å². The first-order chi connectivity index (χ1) is 16.3. The molecule has 0 spiro atoms. The van der Waals surface area contributed by atoms with Gasteiger partial charge in [0.05, 0.1) is 47.9 Å². The first-order valence-corrected chi connectivity index (χ1v) is 11.3. The summed E-state index contributed by atoms with van der Waals surface area (Å²) in [6, 6.07) is 11.9. The largest absolute Gasteiger partial charge is 0.379 e. The molecule has 0 unspecified atom stereocenters. The van der Waals surface area contributed by atoms with Crippen LogP contribution in [0.15, 0.2) is 42.7 Å². The molecular formula is C24H26N8O. The Balaban J connectivity index is 1.29. The van der Waals surface area contributed by atoms with E-state index in [0.717, 1.165) is 75.8 Å². The summed E-state index contributed by atoms with van der Waals surface area (Å²) < 4.78 is 5.40. The van der Waals surface area contributed by atoms with Gasteiger partial charge in [0.2, 0.25) is 5.95 Å². The molecule has 168 valence electrons. The van der Waals surface area contributed by atoms with Crippen LogP contribution in [0, 0.1) is 11.3 Å². The topological polar surface area (TPSA) is 103 Å². The Morgan fingerprint density at radius 3 is 2.52 bits per heavy atom. The van der Waals surface area contributed by atoms with E-state index in [2.05, 4.69) is 41.1 Å². The quantitative estimate of drug-likeness (QED) is 0.617. The van der Waals surface area contributed by atoms with Gasteiger partial charge < -0.3 is 15.0 Å². The van der Waals surface area contributed by atoms with Crippen molar-refractivity contribution in [2.75, 3.05) is 49.6 Å². The summed E-state index contributed by atoms with van der Waals surface area (Å²) in [5.41, 5.74) is 4.47. The highest BCUT2D eigenvalue weighted by Gasteiger charge is 2.18. The molecule has 2 saturated heterocycles. The van der Waals surface area contributed by atoms with E-state index in [-0.39, 0.29) is 0 Å². The summed E-state index contributed by atoms with van der Waals surface area (Å²) in [6.07, 6.45) is 5.78. The smallest absolute Gasteiger partial charge is 0.227 e. The van der Waals surface area contributed by atoms with Crippen LogP contribution in [0.2, 0.25) is 0 Å². The van der Waals surface area contributed by atoms with Crippen molar-refractivity contribution in [2.24, 2.45) is 0 Å². The Bertz CT molecular complexity index is 1130. The maximum Gasteiger partial charge on any atom is 0.227 e. The molecular weight excluding hydrogens is 416 g/mol. The lowest BCUT2D eigenvalue weighted by Gasteiger charge is -2.26. The third kappa shape index (κ3) is 5.08. The molecule has 2 aliphatic rings. The van der Waals surface area contributed by atoms with E-state index in [4.69, 9.17) is 4.74 Å². The zero-order valence-corrected chi connectivity index (χ0v) is 18.4. The Hall–Kier alpha value is -3.61. The Morgan fingerprint density at radius 2 is 1.76 bits per heavy atom. The zero-order valence-electron chi connectivity index (χ0n) is 18.4. The van der Waals surface area contributed by atoms with Gasteiger partial charge in [0, 0.05) is 38.9 Å². The fourth-order valence-electron chi connectivity index (χ4n) is 4.16. The van der Waals surface area contributed by atoms with E-state index in [1.54, 1.807) is 18.5 Å². The van der Waals surface area contributed by atoms with Gasteiger partial charge in [-0.1, -0.05) is 0 Å². The Kier molecular flexibility index (Phi) is 6.37. The molecule has 9 nitrogen and oxygen atoms in total. The van der Waals surface area contributed by atoms with Crippen molar-refractivity contribution in [3.05, 3.63) is 54.1 Å². The lowest BCUT2D eigenvalue weighted by Crippen LogP contribution is -2.35.